The Morgan fingerprint density at radius 1 is 0.795 bits per heavy atom. The smallest absolute Gasteiger partial charge is 0.272 e. The lowest BCUT2D eigenvalue weighted by molar-refractivity contribution is -0.114. The molecule has 0 bridgehead atoms. The van der Waals surface area contributed by atoms with Gasteiger partial charge in [-0.25, -0.2) is 0 Å². The van der Waals surface area contributed by atoms with Crippen LogP contribution in [-0.4, -0.2) is 23.5 Å². The van der Waals surface area contributed by atoms with Crippen LogP contribution in [-0.2, 0) is 9.59 Å². The number of nitrogens with one attached hydrogen (secondary N) is 3. The second-order valence-corrected chi connectivity index (χ2v) is 11.0. The first-order chi connectivity index (χ1) is 18.9. The zero-order chi connectivity index (χ0) is 27.6. The molecule has 0 unspecified atom stereocenters. The summed E-state index contributed by atoms with van der Waals surface area (Å²) in [6.07, 6.45) is 1.58. The molecule has 0 saturated heterocycles. The number of anilines is 2. The average Bonchev–Trinajstić information content (AvgIpc) is 2.94. The summed E-state index contributed by atoms with van der Waals surface area (Å²) in [5, 5.41) is 8.99. The van der Waals surface area contributed by atoms with E-state index in [0.717, 1.165) is 14.2 Å². The van der Waals surface area contributed by atoms with Crippen molar-refractivity contribution in [2.24, 2.45) is 0 Å². The summed E-state index contributed by atoms with van der Waals surface area (Å²) in [5.41, 5.74) is 2.45. The van der Waals surface area contributed by atoms with Crippen LogP contribution in [0.4, 0.5) is 11.4 Å². The third kappa shape index (κ3) is 8.98. The van der Waals surface area contributed by atoms with E-state index >= 15 is 0 Å². The molecule has 4 aromatic carbocycles. The summed E-state index contributed by atoms with van der Waals surface area (Å²) in [5.74, 6) is -0.826. The topological polar surface area (TPSA) is 87.3 Å². The lowest BCUT2D eigenvalue weighted by Crippen LogP contribution is -2.30. The molecule has 3 N–H and O–H groups in total. The number of thioether (sulfide) groups is 1. The number of halogens is 2. The molecular weight excluding hydrogens is 645 g/mol. The molecule has 3 amide bonds. The van der Waals surface area contributed by atoms with Crippen molar-refractivity contribution in [1.82, 2.24) is 5.32 Å². The number of rotatable bonds is 9. The van der Waals surface area contributed by atoms with Crippen LogP contribution < -0.4 is 16.0 Å². The molecule has 0 saturated carbocycles. The fraction of sp³-hybridized carbons (Fsp3) is 0.0333. The van der Waals surface area contributed by atoms with Gasteiger partial charge in [0, 0.05) is 30.4 Å². The summed E-state index contributed by atoms with van der Waals surface area (Å²) in [4.78, 5) is 39.3. The Hall–Kier alpha value is -3.60. The van der Waals surface area contributed by atoms with E-state index in [9.17, 15) is 14.4 Å². The van der Waals surface area contributed by atoms with Crippen molar-refractivity contribution < 1.29 is 14.4 Å². The second-order valence-electron chi connectivity index (χ2n) is 8.26. The van der Waals surface area contributed by atoms with Gasteiger partial charge in [-0.2, -0.15) is 0 Å². The lowest BCUT2D eigenvalue weighted by atomic mass is 10.1. The Bertz CT molecular complexity index is 1490. The maximum absolute atomic E-state index is 13.3. The summed E-state index contributed by atoms with van der Waals surface area (Å²) >= 11 is 9.55. The van der Waals surface area contributed by atoms with Gasteiger partial charge in [-0.1, -0.05) is 48.0 Å². The SMILES string of the molecule is O=C(CSc1cccc(NC(=O)/C(=C/c2ccc(Cl)cc2)NC(=O)c2ccccc2)c1)Nc1ccc(I)cc1. The summed E-state index contributed by atoms with van der Waals surface area (Å²) in [7, 11) is 0. The average molecular weight is 668 g/mol. The minimum atomic E-state index is -0.493. The van der Waals surface area contributed by atoms with Crippen molar-refractivity contribution in [3.05, 3.63) is 129 Å². The first kappa shape index (κ1) is 28.4. The Morgan fingerprint density at radius 2 is 1.51 bits per heavy atom. The van der Waals surface area contributed by atoms with Gasteiger partial charge in [-0.3, -0.25) is 14.4 Å². The van der Waals surface area contributed by atoms with Crippen LogP contribution in [0.15, 0.2) is 114 Å². The highest BCUT2D eigenvalue weighted by Gasteiger charge is 2.15. The van der Waals surface area contributed by atoms with Gasteiger partial charge in [-0.15, -0.1) is 11.8 Å². The molecule has 0 fully saturated rings. The molecule has 0 heterocycles. The highest BCUT2D eigenvalue weighted by atomic mass is 127. The van der Waals surface area contributed by atoms with E-state index < -0.39 is 11.8 Å². The van der Waals surface area contributed by atoms with Gasteiger partial charge in [-0.05, 0) is 101 Å². The molecule has 0 aromatic heterocycles. The number of hydrogen-bond acceptors (Lipinski definition) is 4. The Morgan fingerprint density at radius 3 is 2.23 bits per heavy atom. The number of amides is 3. The van der Waals surface area contributed by atoms with E-state index in [-0.39, 0.29) is 17.4 Å². The van der Waals surface area contributed by atoms with Gasteiger partial charge in [0.2, 0.25) is 5.91 Å². The number of carbonyl (C=O) groups excluding carboxylic acids is 3. The molecule has 0 aliphatic rings. The highest BCUT2D eigenvalue weighted by Crippen LogP contribution is 2.23. The monoisotopic (exact) mass is 667 g/mol. The molecule has 4 aromatic rings. The van der Waals surface area contributed by atoms with Gasteiger partial charge in [0.1, 0.15) is 5.70 Å². The van der Waals surface area contributed by atoms with E-state index in [1.165, 1.54) is 11.8 Å². The first-order valence-corrected chi connectivity index (χ1v) is 14.2. The summed E-state index contributed by atoms with van der Waals surface area (Å²) in [6.45, 7) is 0. The molecule has 0 atom stereocenters. The van der Waals surface area contributed by atoms with Crippen LogP contribution in [0.2, 0.25) is 5.02 Å². The van der Waals surface area contributed by atoms with Gasteiger partial charge in [0.25, 0.3) is 11.8 Å². The van der Waals surface area contributed by atoms with E-state index in [0.29, 0.717) is 21.8 Å². The van der Waals surface area contributed by atoms with Gasteiger partial charge in [0.15, 0.2) is 0 Å². The third-order valence-electron chi connectivity index (χ3n) is 5.30. The van der Waals surface area contributed by atoms with Crippen molar-refractivity contribution in [2.75, 3.05) is 16.4 Å². The Labute approximate surface area is 249 Å². The second kappa shape index (κ2) is 14.0. The van der Waals surface area contributed by atoms with Gasteiger partial charge in [0.05, 0.1) is 5.75 Å². The summed E-state index contributed by atoms with van der Waals surface area (Å²) in [6, 6.07) is 30.3. The normalized spacial score (nSPS) is 11.0. The van der Waals surface area contributed by atoms with Crippen LogP contribution in [0.5, 0.6) is 0 Å². The molecular formula is C30H23ClIN3O3S. The lowest BCUT2D eigenvalue weighted by Gasteiger charge is -2.12. The Kier molecular flexibility index (Phi) is 10.2. The minimum absolute atomic E-state index is 0.0705. The maximum atomic E-state index is 13.3. The fourth-order valence-corrected chi connectivity index (χ4v) is 4.65. The van der Waals surface area contributed by atoms with E-state index in [1.807, 2.05) is 36.4 Å². The van der Waals surface area contributed by atoms with Gasteiger partial charge >= 0.3 is 0 Å². The largest absolute Gasteiger partial charge is 0.325 e. The van der Waals surface area contributed by atoms with Crippen LogP contribution >= 0.6 is 46.0 Å². The maximum Gasteiger partial charge on any atom is 0.272 e. The van der Waals surface area contributed by atoms with Crippen LogP contribution in [0, 0.1) is 3.57 Å². The van der Waals surface area contributed by atoms with E-state index in [1.54, 1.807) is 72.8 Å². The van der Waals surface area contributed by atoms with E-state index in [4.69, 9.17) is 11.6 Å². The molecule has 0 spiro atoms. The van der Waals surface area contributed by atoms with Crippen LogP contribution in [0.3, 0.4) is 0 Å². The molecule has 6 nitrogen and oxygen atoms in total. The molecule has 0 aliphatic heterocycles. The molecule has 4 rings (SSSR count). The zero-order valence-corrected chi connectivity index (χ0v) is 24.2. The molecule has 39 heavy (non-hydrogen) atoms. The first-order valence-electron chi connectivity index (χ1n) is 11.8. The van der Waals surface area contributed by atoms with Crippen molar-refractivity contribution in [1.29, 1.82) is 0 Å². The van der Waals surface area contributed by atoms with Crippen molar-refractivity contribution >= 4 is 81.1 Å². The van der Waals surface area contributed by atoms with Crippen LogP contribution in [0.25, 0.3) is 6.08 Å². The standard InChI is InChI=1S/C30H23ClIN3O3S/c31-22-11-9-20(10-12-22)17-27(35-29(37)21-5-2-1-3-6-21)30(38)34-25-7-4-8-26(18-25)39-19-28(36)33-24-15-13-23(32)14-16-24/h1-18H,19H2,(H,33,36)(H,34,38)(H,35,37)/b27-17-. The Balaban J connectivity index is 1.44. The molecule has 196 valence electrons. The van der Waals surface area contributed by atoms with Crippen LogP contribution in [0.1, 0.15) is 15.9 Å². The van der Waals surface area contributed by atoms with Crippen molar-refractivity contribution in [3.8, 4) is 0 Å². The predicted molar refractivity (Wildman–Crippen MR) is 167 cm³/mol. The number of hydrogen-bond donors (Lipinski definition) is 3. The quantitative estimate of drug-likeness (QED) is 0.101. The van der Waals surface area contributed by atoms with E-state index in [2.05, 4.69) is 38.5 Å². The molecule has 9 heteroatoms. The zero-order valence-electron chi connectivity index (χ0n) is 20.5. The number of carbonyl (C=O) groups is 3. The van der Waals surface area contributed by atoms with Gasteiger partial charge < -0.3 is 16.0 Å². The predicted octanol–water partition coefficient (Wildman–Crippen LogP) is 7.09. The van der Waals surface area contributed by atoms with Crippen molar-refractivity contribution in [3.63, 3.8) is 0 Å². The van der Waals surface area contributed by atoms with Crippen molar-refractivity contribution in [2.45, 2.75) is 4.90 Å². The number of benzene rings is 4. The highest BCUT2D eigenvalue weighted by molar-refractivity contribution is 14.1. The minimum Gasteiger partial charge on any atom is -0.325 e. The fourth-order valence-electron chi connectivity index (χ4n) is 3.41. The molecule has 0 radical (unpaired) electrons. The third-order valence-corrected chi connectivity index (χ3v) is 7.26. The molecule has 0 aliphatic carbocycles. The summed E-state index contributed by atoms with van der Waals surface area (Å²) < 4.78 is 1.09.